The van der Waals surface area contributed by atoms with Crippen LogP contribution in [-0.2, 0) is 6.54 Å². The molecule has 0 fully saturated rings. The first-order chi connectivity index (χ1) is 9.90. The van der Waals surface area contributed by atoms with Crippen molar-refractivity contribution in [3.05, 3.63) is 23.9 Å². The first kappa shape index (κ1) is 18.0. The Bertz CT molecular complexity index is 391. The Morgan fingerprint density at radius 3 is 2.19 bits per heavy atom. The van der Waals surface area contributed by atoms with Gasteiger partial charge in [-0.15, -0.1) is 0 Å². The number of aromatic nitrogens is 1. The van der Waals surface area contributed by atoms with E-state index in [1.165, 1.54) is 0 Å². The Balaban J connectivity index is 2.52. The molecule has 1 aromatic heterocycles. The van der Waals surface area contributed by atoms with Crippen molar-refractivity contribution in [2.75, 3.05) is 18.4 Å². The smallest absolute Gasteiger partial charge is 0.126 e. The fourth-order valence-corrected chi connectivity index (χ4v) is 2.63. The van der Waals surface area contributed by atoms with Crippen molar-refractivity contribution in [2.24, 2.45) is 23.7 Å². The summed E-state index contributed by atoms with van der Waals surface area (Å²) in [5.41, 5.74) is 1.10. The van der Waals surface area contributed by atoms with Gasteiger partial charge in [0.1, 0.15) is 5.82 Å². The SMILES string of the molecule is CC(C)CNCc1cccc(NCC(C(C)C)C(C)C)n1. The predicted molar refractivity (Wildman–Crippen MR) is 92.4 cm³/mol. The summed E-state index contributed by atoms with van der Waals surface area (Å²) >= 11 is 0. The van der Waals surface area contributed by atoms with Crippen LogP contribution >= 0.6 is 0 Å². The van der Waals surface area contributed by atoms with Crippen LogP contribution in [0.5, 0.6) is 0 Å². The number of hydrogen-bond acceptors (Lipinski definition) is 3. The molecule has 21 heavy (non-hydrogen) atoms. The monoisotopic (exact) mass is 291 g/mol. The molecule has 0 saturated carbocycles. The molecule has 0 amide bonds. The predicted octanol–water partition coefficient (Wildman–Crippen LogP) is 4.17. The van der Waals surface area contributed by atoms with Crippen molar-refractivity contribution in [1.82, 2.24) is 10.3 Å². The average molecular weight is 291 g/mol. The van der Waals surface area contributed by atoms with Crippen LogP contribution in [0.2, 0.25) is 0 Å². The van der Waals surface area contributed by atoms with E-state index in [-0.39, 0.29) is 0 Å². The first-order valence-corrected chi connectivity index (χ1v) is 8.30. The quantitative estimate of drug-likeness (QED) is 0.717. The summed E-state index contributed by atoms with van der Waals surface area (Å²) in [4.78, 5) is 4.69. The maximum absolute atomic E-state index is 4.69. The maximum Gasteiger partial charge on any atom is 0.126 e. The highest BCUT2D eigenvalue weighted by Gasteiger charge is 2.17. The van der Waals surface area contributed by atoms with Crippen molar-refractivity contribution in [2.45, 2.75) is 48.1 Å². The van der Waals surface area contributed by atoms with Gasteiger partial charge in [-0.2, -0.15) is 0 Å². The zero-order valence-corrected chi connectivity index (χ0v) is 14.6. The Kier molecular flexibility index (Phi) is 7.73. The molecule has 0 aliphatic heterocycles. The summed E-state index contributed by atoms with van der Waals surface area (Å²) in [5.74, 6) is 3.71. The molecular weight excluding hydrogens is 258 g/mol. The highest BCUT2D eigenvalue weighted by atomic mass is 15.0. The van der Waals surface area contributed by atoms with E-state index < -0.39 is 0 Å². The Hall–Kier alpha value is -1.09. The van der Waals surface area contributed by atoms with Gasteiger partial charge in [-0.1, -0.05) is 47.6 Å². The Morgan fingerprint density at radius 2 is 1.62 bits per heavy atom. The summed E-state index contributed by atoms with van der Waals surface area (Å²) in [7, 11) is 0. The molecule has 1 aromatic rings. The summed E-state index contributed by atoms with van der Waals surface area (Å²) in [5, 5.41) is 6.95. The second kappa shape index (κ2) is 9.04. The van der Waals surface area contributed by atoms with Crippen molar-refractivity contribution in [1.29, 1.82) is 0 Å². The fourth-order valence-electron chi connectivity index (χ4n) is 2.63. The zero-order valence-electron chi connectivity index (χ0n) is 14.6. The second-order valence-electron chi connectivity index (χ2n) is 7.07. The number of hydrogen-bond donors (Lipinski definition) is 2. The topological polar surface area (TPSA) is 37.0 Å². The molecule has 0 aliphatic carbocycles. The minimum Gasteiger partial charge on any atom is -0.370 e. The third kappa shape index (κ3) is 6.94. The van der Waals surface area contributed by atoms with Gasteiger partial charge < -0.3 is 10.6 Å². The lowest BCUT2D eigenvalue weighted by Crippen LogP contribution is -2.25. The number of nitrogens with zero attached hydrogens (tertiary/aromatic N) is 1. The minimum absolute atomic E-state index is 0.671. The maximum atomic E-state index is 4.69. The summed E-state index contributed by atoms with van der Waals surface area (Å²) in [6.45, 7) is 16.5. The number of pyridine rings is 1. The van der Waals surface area contributed by atoms with Gasteiger partial charge in [-0.05, 0) is 42.3 Å². The van der Waals surface area contributed by atoms with E-state index in [9.17, 15) is 0 Å². The van der Waals surface area contributed by atoms with E-state index in [0.717, 1.165) is 31.1 Å². The third-order valence-corrected chi connectivity index (χ3v) is 3.90. The van der Waals surface area contributed by atoms with Crippen LogP contribution < -0.4 is 10.6 Å². The lowest BCUT2D eigenvalue weighted by molar-refractivity contribution is 0.304. The lowest BCUT2D eigenvalue weighted by Gasteiger charge is -2.25. The molecule has 3 heteroatoms. The summed E-state index contributed by atoms with van der Waals surface area (Å²) in [6.07, 6.45) is 0. The lowest BCUT2D eigenvalue weighted by atomic mass is 9.85. The molecule has 0 aliphatic rings. The zero-order chi connectivity index (χ0) is 15.8. The molecule has 1 rings (SSSR count). The van der Waals surface area contributed by atoms with Gasteiger partial charge in [0.2, 0.25) is 0 Å². The molecule has 0 saturated heterocycles. The highest BCUT2D eigenvalue weighted by Crippen LogP contribution is 2.20. The van der Waals surface area contributed by atoms with Crippen molar-refractivity contribution in [3.8, 4) is 0 Å². The molecule has 0 bridgehead atoms. The van der Waals surface area contributed by atoms with E-state index in [4.69, 9.17) is 0 Å². The van der Waals surface area contributed by atoms with Crippen LogP contribution in [0.1, 0.15) is 47.2 Å². The van der Waals surface area contributed by atoms with Gasteiger partial charge in [0, 0.05) is 13.1 Å². The van der Waals surface area contributed by atoms with E-state index in [1.54, 1.807) is 0 Å². The Morgan fingerprint density at radius 1 is 0.952 bits per heavy atom. The number of nitrogens with one attached hydrogen (secondary N) is 2. The molecule has 3 nitrogen and oxygen atoms in total. The van der Waals surface area contributed by atoms with Crippen LogP contribution in [0, 0.1) is 23.7 Å². The highest BCUT2D eigenvalue weighted by molar-refractivity contribution is 5.35. The number of rotatable bonds is 9. The van der Waals surface area contributed by atoms with Crippen molar-refractivity contribution < 1.29 is 0 Å². The summed E-state index contributed by atoms with van der Waals surface area (Å²) in [6, 6.07) is 6.23. The van der Waals surface area contributed by atoms with Crippen LogP contribution in [0.4, 0.5) is 5.82 Å². The molecule has 2 N–H and O–H groups in total. The van der Waals surface area contributed by atoms with Gasteiger partial charge in [-0.25, -0.2) is 4.98 Å². The van der Waals surface area contributed by atoms with Crippen molar-refractivity contribution >= 4 is 5.82 Å². The average Bonchev–Trinajstić information content (AvgIpc) is 2.38. The van der Waals surface area contributed by atoms with Crippen LogP contribution in [-0.4, -0.2) is 18.1 Å². The molecule has 0 aromatic carbocycles. The van der Waals surface area contributed by atoms with E-state index in [0.29, 0.717) is 23.7 Å². The van der Waals surface area contributed by atoms with Crippen LogP contribution in [0.15, 0.2) is 18.2 Å². The van der Waals surface area contributed by atoms with E-state index >= 15 is 0 Å². The molecular formula is C18H33N3. The fraction of sp³-hybridized carbons (Fsp3) is 0.722. The van der Waals surface area contributed by atoms with Crippen molar-refractivity contribution in [3.63, 3.8) is 0 Å². The summed E-state index contributed by atoms with van der Waals surface area (Å²) < 4.78 is 0. The van der Waals surface area contributed by atoms with Gasteiger partial charge in [0.25, 0.3) is 0 Å². The van der Waals surface area contributed by atoms with E-state index in [1.807, 2.05) is 0 Å². The largest absolute Gasteiger partial charge is 0.370 e. The molecule has 0 radical (unpaired) electrons. The van der Waals surface area contributed by atoms with Crippen LogP contribution in [0.25, 0.3) is 0 Å². The Labute approximate surface area is 130 Å². The molecule has 0 atom stereocenters. The van der Waals surface area contributed by atoms with Gasteiger partial charge >= 0.3 is 0 Å². The third-order valence-electron chi connectivity index (χ3n) is 3.90. The molecule has 1 heterocycles. The molecule has 0 spiro atoms. The minimum atomic E-state index is 0.671. The van der Waals surface area contributed by atoms with Gasteiger partial charge in [-0.3, -0.25) is 0 Å². The standard InChI is InChI=1S/C18H33N3/c1-13(2)10-19-11-16-8-7-9-18(21-16)20-12-17(14(3)4)15(5)6/h7-9,13-15,17,19H,10-12H2,1-6H3,(H,20,21). The number of anilines is 1. The molecule has 120 valence electrons. The first-order valence-electron chi connectivity index (χ1n) is 8.30. The van der Waals surface area contributed by atoms with Gasteiger partial charge in [0.15, 0.2) is 0 Å². The van der Waals surface area contributed by atoms with Crippen LogP contribution in [0.3, 0.4) is 0 Å². The normalized spacial score (nSPS) is 11.9. The van der Waals surface area contributed by atoms with Gasteiger partial charge in [0.05, 0.1) is 5.69 Å². The van der Waals surface area contributed by atoms with E-state index in [2.05, 4.69) is 75.4 Å². The second-order valence-corrected chi connectivity index (χ2v) is 7.07. The molecule has 0 unspecified atom stereocenters.